The number of thiazole rings is 1. The van der Waals surface area contributed by atoms with Crippen LogP contribution in [0, 0.1) is 0 Å². The number of likely N-dealkylation sites (tertiary alicyclic amines) is 1. The molecule has 0 atom stereocenters. The summed E-state index contributed by atoms with van der Waals surface area (Å²) < 4.78 is 39.0. The van der Waals surface area contributed by atoms with Crippen molar-refractivity contribution in [3.8, 4) is 5.19 Å². The number of ether oxygens (including phenoxy) is 2. The van der Waals surface area contributed by atoms with Gasteiger partial charge in [0.25, 0.3) is 5.19 Å². The summed E-state index contributed by atoms with van der Waals surface area (Å²) in [7, 11) is -3.30. The number of unbranched alkanes of at least 4 members (excludes halogenated alkanes) is 1. The Labute approximate surface area is 216 Å². The minimum absolute atomic E-state index is 0.0134. The summed E-state index contributed by atoms with van der Waals surface area (Å²) in [5, 5.41) is 9.53. The van der Waals surface area contributed by atoms with Crippen LogP contribution >= 0.6 is 11.3 Å². The van der Waals surface area contributed by atoms with Crippen LogP contribution in [-0.2, 0) is 14.8 Å². The van der Waals surface area contributed by atoms with Crippen molar-refractivity contribution in [2.45, 2.75) is 58.2 Å². The lowest BCUT2D eigenvalue weighted by Gasteiger charge is -2.31. The lowest BCUT2D eigenvalue weighted by Crippen LogP contribution is -2.42. The molecule has 1 amide bonds. The van der Waals surface area contributed by atoms with E-state index in [1.165, 1.54) is 15.6 Å². The normalized spacial score (nSPS) is 18.0. The number of hydrogen-bond acceptors (Lipinski definition) is 8. The molecule has 0 radical (unpaired) electrons. The second-order valence-corrected chi connectivity index (χ2v) is 12.6. The molecule has 0 spiro atoms. The molecule has 36 heavy (non-hydrogen) atoms. The maximum Gasteiger partial charge on any atom is 0.410 e. The smallest absolute Gasteiger partial charge is 0.410 e. The lowest BCUT2D eigenvalue weighted by molar-refractivity contribution is 0.0517. The fourth-order valence-electron chi connectivity index (χ4n) is 4.42. The zero-order valence-corrected chi connectivity index (χ0v) is 22.5. The van der Waals surface area contributed by atoms with Crippen molar-refractivity contribution in [3.63, 3.8) is 0 Å². The standard InChI is InChI=1S/C25H35N3O6S2/c1-18(2)33-25(30)27-11-9-21(10-12-27)34-24-26-22-6-5-20(17-23(22)35-24)19-7-13-28(14-8-19)36(31,32)16-4-3-15-29/h5-7,17-18,21,29H,3-4,8-16H2,1-2H3. The van der Waals surface area contributed by atoms with Gasteiger partial charge in [-0.15, -0.1) is 0 Å². The van der Waals surface area contributed by atoms with Crippen LogP contribution < -0.4 is 4.74 Å². The Kier molecular flexibility index (Phi) is 8.87. The van der Waals surface area contributed by atoms with E-state index in [1.807, 2.05) is 32.1 Å². The number of benzene rings is 1. The third-order valence-electron chi connectivity index (χ3n) is 6.42. The topological polar surface area (TPSA) is 109 Å². The number of carbonyl (C=O) groups excluding carboxylic acids is 1. The Balaban J connectivity index is 1.34. The number of amides is 1. The molecule has 2 aliphatic rings. The number of fused-ring (bicyclic) bond motifs is 1. The van der Waals surface area contributed by atoms with Crippen LogP contribution in [-0.4, -0.2) is 84.6 Å². The van der Waals surface area contributed by atoms with E-state index in [9.17, 15) is 13.2 Å². The fraction of sp³-hybridized carbons (Fsp3) is 0.600. The molecule has 1 fully saturated rings. The maximum absolute atomic E-state index is 12.5. The molecule has 1 aromatic carbocycles. The minimum atomic E-state index is -3.30. The van der Waals surface area contributed by atoms with Gasteiger partial charge in [0.1, 0.15) is 6.10 Å². The molecule has 2 aromatic rings. The second-order valence-electron chi connectivity index (χ2n) is 9.48. The van der Waals surface area contributed by atoms with E-state index in [-0.39, 0.29) is 30.7 Å². The van der Waals surface area contributed by atoms with Gasteiger partial charge in [-0.25, -0.2) is 18.2 Å². The summed E-state index contributed by atoms with van der Waals surface area (Å²) >= 11 is 1.51. The summed E-state index contributed by atoms with van der Waals surface area (Å²) in [4.78, 5) is 18.4. The van der Waals surface area contributed by atoms with Gasteiger partial charge in [-0.1, -0.05) is 23.5 Å². The Morgan fingerprint density at radius 2 is 2.00 bits per heavy atom. The average Bonchev–Trinajstić information content (AvgIpc) is 3.25. The van der Waals surface area contributed by atoms with E-state index in [0.717, 1.165) is 34.2 Å². The lowest BCUT2D eigenvalue weighted by atomic mass is 10.0. The third kappa shape index (κ3) is 6.76. The quantitative estimate of drug-likeness (QED) is 0.484. The first-order chi connectivity index (χ1) is 17.2. The average molecular weight is 538 g/mol. The van der Waals surface area contributed by atoms with Gasteiger partial charge >= 0.3 is 6.09 Å². The number of aliphatic hydroxyl groups is 1. The molecule has 3 heterocycles. The highest BCUT2D eigenvalue weighted by molar-refractivity contribution is 7.89. The largest absolute Gasteiger partial charge is 0.467 e. The maximum atomic E-state index is 12.5. The molecule has 1 N–H and O–H groups in total. The predicted molar refractivity (Wildman–Crippen MR) is 141 cm³/mol. The van der Waals surface area contributed by atoms with Crippen LogP contribution in [0.5, 0.6) is 5.19 Å². The SMILES string of the molecule is CC(C)OC(=O)N1CCC(Oc2nc3ccc(C4=CCN(S(=O)(=O)CCCCO)CC4)cc3s2)CC1. The van der Waals surface area contributed by atoms with Gasteiger partial charge in [-0.2, -0.15) is 4.31 Å². The van der Waals surface area contributed by atoms with Gasteiger partial charge in [0.2, 0.25) is 10.0 Å². The molecule has 0 aliphatic carbocycles. The zero-order chi connectivity index (χ0) is 25.7. The zero-order valence-electron chi connectivity index (χ0n) is 20.9. The Morgan fingerprint density at radius 3 is 2.67 bits per heavy atom. The summed E-state index contributed by atoms with van der Waals surface area (Å²) in [5.41, 5.74) is 3.09. The molecule has 0 saturated carbocycles. The van der Waals surface area contributed by atoms with Crippen molar-refractivity contribution in [1.29, 1.82) is 0 Å². The first-order valence-electron chi connectivity index (χ1n) is 12.6. The highest BCUT2D eigenvalue weighted by Gasteiger charge is 2.27. The number of carbonyl (C=O) groups is 1. The monoisotopic (exact) mass is 537 g/mol. The molecular weight excluding hydrogens is 502 g/mol. The van der Waals surface area contributed by atoms with Gasteiger partial charge in [-0.3, -0.25) is 0 Å². The molecule has 9 nitrogen and oxygen atoms in total. The van der Waals surface area contributed by atoms with Crippen molar-refractivity contribution in [2.75, 3.05) is 38.5 Å². The van der Waals surface area contributed by atoms with E-state index in [0.29, 0.717) is 50.6 Å². The van der Waals surface area contributed by atoms with Crippen LogP contribution in [0.3, 0.4) is 0 Å². The predicted octanol–water partition coefficient (Wildman–Crippen LogP) is 3.88. The fourth-order valence-corrected chi connectivity index (χ4v) is 6.84. The highest BCUT2D eigenvalue weighted by atomic mass is 32.2. The van der Waals surface area contributed by atoms with E-state index >= 15 is 0 Å². The van der Waals surface area contributed by atoms with Crippen LogP contribution in [0.4, 0.5) is 4.79 Å². The molecule has 1 aromatic heterocycles. The minimum Gasteiger partial charge on any atom is -0.467 e. The van der Waals surface area contributed by atoms with Crippen molar-refractivity contribution < 1.29 is 27.8 Å². The summed E-state index contributed by atoms with van der Waals surface area (Å²) in [5.74, 6) is 0.0768. The molecule has 2 aliphatic heterocycles. The van der Waals surface area contributed by atoms with Gasteiger partial charge in [0, 0.05) is 45.6 Å². The van der Waals surface area contributed by atoms with Crippen molar-refractivity contribution in [2.24, 2.45) is 0 Å². The van der Waals surface area contributed by atoms with Crippen LogP contribution in [0.1, 0.15) is 51.5 Å². The molecule has 1 saturated heterocycles. The second kappa shape index (κ2) is 11.9. The number of sulfonamides is 1. The van der Waals surface area contributed by atoms with Gasteiger partial charge in [-0.05, 0) is 56.4 Å². The number of piperidine rings is 1. The summed E-state index contributed by atoms with van der Waals surface area (Å²) in [6.45, 7) is 5.75. The number of rotatable bonds is 9. The first-order valence-corrected chi connectivity index (χ1v) is 15.0. The molecular formula is C25H35N3O6S2. The van der Waals surface area contributed by atoms with Gasteiger partial charge in [0.05, 0.1) is 22.1 Å². The molecule has 4 rings (SSSR count). The van der Waals surface area contributed by atoms with Crippen LogP contribution in [0.2, 0.25) is 0 Å². The number of hydrogen-bond donors (Lipinski definition) is 1. The Hall–Kier alpha value is -2.21. The van der Waals surface area contributed by atoms with Crippen LogP contribution in [0.15, 0.2) is 24.3 Å². The first kappa shape index (κ1) is 26.8. The van der Waals surface area contributed by atoms with Crippen molar-refractivity contribution in [1.82, 2.24) is 14.2 Å². The summed E-state index contributed by atoms with van der Waals surface area (Å²) in [6.07, 6.45) is 4.72. The van der Waals surface area contributed by atoms with E-state index < -0.39 is 10.0 Å². The molecule has 0 bridgehead atoms. The van der Waals surface area contributed by atoms with E-state index in [4.69, 9.17) is 14.6 Å². The molecule has 198 valence electrons. The Morgan fingerprint density at radius 1 is 1.22 bits per heavy atom. The van der Waals surface area contributed by atoms with Crippen molar-refractivity contribution in [3.05, 3.63) is 29.8 Å². The number of aromatic nitrogens is 1. The number of nitrogens with zero attached hydrogens (tertiary/aromatic N) is 3. The molecule has 11 heteroatoms. The van der Waals surface area contributed by atoms with Crippen molar-refractivity contribution >= 4 is 43.2 Å². The Bertz CT molecular complexity index is 1190. The molecule has 0 unspecified atom stereocenters. The third-order valence-corrected chi connectivity index (χ3v) is 9.25. The highest BCUT2D eigenvalue weighted by Crippen LogP contribution is 2.33. The van der Waals surface area contributed by atoms with E-state index in [2.05, 4.69) is 11.1 Å². The van der Waals surface area contributed by atoms with Gasteiger partial charge in [0.15, 0.2) is 0 Å². The summed E-state index contributed by atoms with van der Waals surface area (Å²) in [6, 6.07) is 6.11. The number of aliphatic hydroxyl groups excluding tert-OH is 1. The van der Waals surface area contributed by atoms with Crippen LogP contribution in [0.25, 0.3) is 15.8 Å². The van der Waals surface area contributed by atoms with Gasteiger partial charge < -0.3 is 19.5 Å². The van der Waals surface area contributed by atoms with E-state index in [1.54, 1.807) is 4.90 Å².